The summed E-state index contributed by atoms with van der Waals surface area (Å²) in [5.41, 5.74) is -1.71. The number of carbonyl (C=O) groups excluding carboxylic acids is 1. The van der Waals surface area contributed by atoms with E-state index in [-0.39, 0.29) is 42.2 Å². The number of halogens is 3. The zero-order valence-corrected chi connectivity index (χ0v) is 26.7. The van der Waals surface area contributed by atoms with Crippen LogP contribution in [0.4, 0.5) is 18.0 Å². The van der Waals surface area contributed by atoms with Crippen molar-refractivity contribution in [2.75, 3.05) is 13.2 Å². The van der Waals surface area contributed by atoms with Crippen LogP contribution in [0.5, 0.6) is 5.88 Å². The molecule has 3 atom stereocenters. The van der Waals surface area contributed by atoms with E-state index < -0.39 is 55.8 Å². The predicted octanol–water partition coefficient (Wildman–Crippen LogP) is 7.46. The molecule has 0 radical (unpaired) electrons. The van der Waals surface area contributed by atoms with Gasteiger partial charge in [0.15, 0.2) is 0 Å². The largest absolute Gasteiger partial charge is 0.454 e. The Morgan fingerprint density at radius 2 is 1.65 bits per heavy atom. The highest BCUT2D eigenvalue weighted by Crippen LogP contribution is 2.54. The number of amides is 1. The molecule has 8 nitrogen and oxygen atoms in total. The van der Waals surface area contributed by atoms with Crippen molar-refractivity contribution < 1.29 is 40.6 Å². The second-order valence-corrected chi connectivity index (χ2v) is 15.5. The number of sulfone groups is 1. The van der Waals surface area contributed by atoms with Crippen LogP contribution in [0.3, 0.4) is 0 Å². The van der Waals surface area contributed by atoms with E-state index in [4.69, 9.17) is 14.2 Å². The Morgan fingerprint density at radius 1 is 1.00 bits per heavy atom. The van der Waals surface area contributed by atoms with Crippen LogP contribution >= 0.6 is 0 Å². The minimum Gasteiger partial charge on any atom is -0.454 e. The van der Waals surface area contributed by atoms with E-state index >= 15 is 0 Å². The normalized spacial score (nSPS) is 24.5. The van der Waals surface area contributed by atoms with Gasteiger partial charge in [0.25, 0.3) is 0 Å². The summed E-state index contributed by atoms with van der Waals surface area (Å²) in [6, 6.07) is 17.7. The summed E-state index contributed by atoms with van der Waals surface area (Å²) in [7, 11) is -3.98. The lowest BCUT2D eigenvalue weighted by molar-refractivity contribution is -0.137. The maximum absolute atomic E-state index is 14.0. The zero-order chi connectivity index (χ0) is 33.0. The Bertz CT molecular complexity index is 1690. The maximum atomic E-state index is 14.0. The third-order valence-corrected chi connectivity index (χ3v) is 11.2. The van der Waals surface area contributed by atoms with Crippen LogP contribution in [0.1, 0.15) is 81.5 Å². The summed E-state index contributed by atoms with van der Waals surface area (Å²) in [4.78, 5) is 17.7. The summed E-state index contributed by atoms with van der Waals surface area (Å²) >= 11 is 0. The van der Waals surface area contributed by atoms with Crippen molar-refractivity contribution >= 4 is 15.9 Å². The highest BCUT2D eigenvalue weighted by atomic mass is 32.2. The first-order valence-electron chi connectivity index (χ1n) is 15.4. The van der Waals surface area contributed by atoms with Crippen molar-refractivity contribution in [2.24, 2.45) is 0 Å². The average Bonchev–Trinajstić information content (AvgIpc) is 3.69. The van der Waals surface area contributed by atoms with Gasteiger partial charge < -0.3 is 14.2 Å². The molecular weight excluding hydrogens is 621 g/mol. The number of alkyl halides is 3. The number of likely N-dealkylation sites (tertiary alicyclic amines) is 1. The van der Waals surface area contributed by atoms with Gasteiger partial charge in [-0.15, -0.1) is 0 Å². The van der Waals surface area contributed by atoms with E-state index in [0.29, 0.717) is 25.6 Å². The standard InChI is InChI=1S/C34H37F3N2O6S/c1-31(2,3)45-30(40)39-18-10-15-32(28(39)23-11-6-4-7-12-23)20-24(22-43-32)27-19-25(34(35,36)37)21-38-29(27)44-33(16-17-33)46(41,42)26-13-8-5-9-14-26/h4-9,11-14,19,21,24,28H,10,15-18,20,22H2,1-3H3/t24-,28-,32+/m0/s1. The SMILES string of the molecule is CC(C)(C)OC(=O)N1CCC[C@@]2(C[C@H](c3cc(C(F)(F)F)cnc3OC3(S(=O)(=O)c4ccccc4)CC3)CO2)[C@@H]1c1ccccc1. The van der Waals surface area contributed by atoms with Crippen molar-refractivity contribution in [1.82, 2.24) is 9.88 Å². The van der Waals surface area contributed by atoms with Crippen LogP contribution in [-0.4, -0.2) is 53.7 Å². The lowest BCUT2D eigenvalue weighted by Gasteiger charge is -2.47. The van der Waals surface area contributed by atoms with Crippen molar-refractivity contribution in [2.45, 2.75) is 92.0 Å². The number of benzene rings is 2. The second-order valence-electron chi connectivity index (χ2n) is 13.3. The smallest absolute Gasteiger partial charge is 0.417 e. The van der Waals surface area contributed by atoms with Gasteiger partial charge in [-0.3, -0.25) is 4.90 Å². The molecule has 46 heavy (non-hydrogen) atoms. The second kappa shape index (κ2) is 11.6. The quantitative estimate of drug-likeness (QED) is 0.271. The molecule has 0 unspecified atom stereocenters. The van der Waals surface area contributed by atoms with E-state index in [1.165, 1.54) is 12.1 Å². The molecule has 1 amide bonds. The Balaban J connectivity index is 1.37. The third-order valence-electron chi connectivity index (χ3n) is 8.85. The molecular formula is C34H37F3N2O6S. The van der Waals surface area contributed by atoms with Gasteiger partial charge in [-0.25, -0.2) is 18.2 Å². The number of nitrogens with zero attached hydrogens (tertiary/aromatic N) is 2. The number of pyridine rings is 1. The van der Waals surface area contributed by atoms with Gasteiger partial charge >= 0.3 is 12.3 Å². The Labute approximate surface area is 266 Å². The fourth-order valence-corrected chi connectivity index (χ4v) is 8.39. The van der Waals surface area contributed by atoms with Crippen LogP contribution in [-0.2, 0) is 25.5 Å². The molecule has 3 aliphatic rings. The lowest BCUT2D eigenvalue weighted by atomic mass is 9.76. The van der Waals surface area contributed by atoms with Crippen LogP contribution in [0, 0.1) is 0 Å². The van der Waals surface area contributed by atoms with Crippen LogP contribution in [0.2, 0.25) is 0 Å². The highest BCUT2D eigenvalue weighted by molar-refractivity contribution is 7.93. The lowest BCUT2D eigenvalue weighted by Crippen LogP contribution is -2.53. The molecule has 2 aliphatic heterocycles. The highest BCUT2D eigenvalue weighted by Gasteiger charge is 2.59. The van der Waals surface area contributed by atoms with E-state index in [9.17, 15) is 26.4 Å². The van der Waals surface area contributed by atoms with E-state index in [1.807, 2.05) is 30.3 Å². The van der Waals surface area contributed by atoms with Crippen LogP contribution in [0.15, 0.2) is 77.8 Å². The van der Waals surface area contributed by atoms with Gasteiger partial charge in [0.05, 0.1) is 28.7 Å². The van der Waals surface area contributed by atoms with Gasteiger partial charge in [0, 0.05) is 37.1 Å². The number of rotatable bonds is 6. The summed E-state index contributed by atoms with van der Waals surface area (Å²) in [6.07, 6.45) is -2.75. The molecule has 3 aromatic rings. The Morgan fingerprint density at radius 3 is 2.26 bits per heavy atom. The minimum absolute atomic E-state index is 0.0310. The molecule has 0 bridgehead atoms. The molecule has 1 aliphatic carbocycles. The van der Waals surface area contributed by atoms with Gasteiger partial charge in [-0.1, -0.05) is 48.5 Å². The molecule has 0 N–H and O–H groups in total. The van der Waals surface area contributed by atoms with E-state index in [0.717, 1.165) is 11.6 Å². The number of piperidine rings is 1. The Kier molecular flexibility index (Phi) is 8.11. The molecule has 12 heteroatoms. The number of hydrogen-bond acceptors (Lipinski definition) is 7. The summed E-state index contributed by atoms with van der Waals surface area (Å²) in [5.74, 6) is -0.781. The molecule has 1 aromatic heterocycles. The summed E-state index contributed by atoms with van der Waals surface area (Å²) in [5, 5.41) is 0. The summed E-state index contributed by atoms with van der Waals surface area (Å²) < 4.78 is 87.7. The van der Waals surface area contributed by atoms with E-state index in [1.54, 1.807) is 43.9 Å². The first-order chi connectivity index (χ1) is 21.6. The molecule has 1 spiro atoms. The first kappa shape index (κ1) is 32.3. The summed E-state index contributed by atoms with van der Waals surface area (Å²) in [6.45, 7) is 5.82. The van der Waals surface area contributed by atoms with Gasteiger partial charge in [0.1, 0.15) is 5.60 Å². The van der Waals surface area contributed by atoms with E-state index in [2.05, 4.69) is 4.98 Å². The first-order valence-corrected chi connectivity index (χ1v) is 16.9. The number of hydrogen-bond donors (Lipinski definition) is 0. The van der Waals surface area contributed by atoms with Crippen LogP contribution in [0.25, 0.3) is 0 Å². The maximum Gasteiger partial charge on any atom is 0.417 e. The molecule has 2 aromatic carbocycles. The monoisotopic (exact) mass is 658 g/mol. The van der Waals surface area contributed by atoms with Crippen molar-refractivity contribution in [3.05, 3.63) is 89.6 Å². The fraction of sp³-hybridized carbons (Fsp3) is 0.471. The zero-order valence-electron chi connectivity index (χ0n) is 25.9. The number of carbonyl (C=O) groups is 1. The molecule has 2 saturated heterocycles. The number of ether oxygens (including phenoxy) is 3. The van der Waals surface area contributed by atoms with Crippen molar-refractivity contribution in [3.8, 4) is 5.88 Å². The van der Waals surface area contributed by atoms with Gasteiger partial charge in [-0.2, -0.15) is 13.2 Å². The third kappa shape index (κ3) is 6.09. The van der Waals surface area contributed by atoms with Crippen molar-refractivity contribution in [1.29, 1.82) is 0 Å². The average molecular weight is 659 g/mol. The van der Waals surface area contributed by atoms with Gasteiger partial charge in [0.2, 0.25) is 20.7 Å². The van der Waals surface area contributed by atoms with Crippen molar-refractivity contribution in [3.63, 3.8) is 0 Å². The molecule has 246 valence electrons. The molecule has 3 heterocycles. The topological polar surface area (TPSA) is 95.0 Å². The fourth-order valence-electron chi connectivity index (χ4n) is 6.62. The minimum atomic E-state index is -4.68. The molecule has 6 rings (SSSR count). The molecule has 3 fully saturated rings. The number of aromatic nitrogens is 1. The van der Waals surface area contributed by atoms with Gasteiger partial charge in [-0.05, 0) is 63.8 Å². The predicted molar refractivity (Wildman–Crippen MR) is 163 cm³/mol. The van der Waals surface area contributed by atoms with Crippen LogP contribution < -0.4 is 4.74 Å². The molecule has 1 saturated carbocycles. The Hall–Kier alpha value is -3.64.